The van der Waals surface area contributed by atoms with Crippen LogP contribution in [0.2, 0.25) is 0 Å². The summed E-state index contributed by atoms with van der Waals surface area (Å²) in [5, 5.41) is 28.8. The number of hydrogen-bond acceptors (Lipinski definition) is 6. The topological polar surface area (TPSA) is 108 Å². The summed E-state index contributed by atoms with van der Waals surface area (Å²) in [5.41, 5.74) is 2.48. The molecular weight excluding hydrogens is 384 g/mol. The Kier molecular flexibility index (Phi) is 5.04. The molecule has 148 valence electrons. The Morgan fingerprint density at radius 1 is 1.03 bits per heavy atom. The predicted octanol–water partition coefficient (Wildman–Crippen LogP) is 3.67. The summed E-state index contributed by atoms with van der Waals surface area (Å²) in [6.07, 6.45) is 1.19. The van der Waals surface area contributed by atoms with E-state index in [0.717, 1.165) is 11.3 Å². The molecule has 1 amide bonds. The average molecular weight is 400 g/mol. The first-order valence-electron chi connectivity index (χ1n) is 9.08. The van der Waals surface area contributed by atoms with Crippen molar-refractivity contribution in [1.29, 1.82) is 0 Å². The van der Waals surface area contributed by atoms with Crippen molar-refractivity contribution < 1.29 is 14.8 Å². The molecule has 0 radical (unpaired) electrons. The number of fused-ring (bicyclic) bond motifs is 1. The molecule has 0 spiro atoms. The molecule has 3 aromatic carbocycles. The minimum absolute atomic E-state index is 0.133. The zero-order valence-electron chi connectivity index (χ0n) is 15.7. The third kappa shape index (κ3) is 3.66. The van der Waals surface area contributed by atoms with Gasteiger partial charge in [-0.15, -0.1) is 5.10 Å². The van der Waals surface area contributed by atoms with Crippen LogP contribution < -0.4 is 4.90 Å². The van der Waals surface area contributed by atoms with Crippen LogP contribution in [0.4, 0.5) is 11.4 Å². The number of anilines is 1. The summed E-state index contributed by atoms with van der Waals surface area (Å²) in [4.78, 5) is 25.0. The third-order valence-electron chi connectivity index (χ3n) is 4.66. The van der Waals surface area contributed by atoms with E-state index in [2.05, 4.69) is 10.2 Å². The summed E-state index contributed by atoms with van der Waals surface area (Å²) in [7, 11) is 0. The fourth-order valence-electron chi connectivity index (χ4n) is 3.19. The van der Waals surface area contributed by atoms with Gasteiger partial charge in [-0.1, -0.05) is 48.5 Å². The van der Waals surface area contributed by atoms with E-state index in [4.69, 9.17) is 0 Å². The maximum absolute atomic E-state index is 13.0. The summed E-state index contributed by atoms with van der Waals surface area (Å²) >= 11 is 0. The molecule has 1 aliphatic heterocycles. The van der Waals surface area contributed by atoms with Crippen LogP contribution in [0.5, 0.6) is 5.75 Å². The first-order valence-corrected chi connectivity index (χ1v) is 9.08. The normalized spacial score (nSPS) is 14.5. The predicted molar refractivity (Wildman–Crippen MR) is 113 cm³/mol. The summed E-state index contributed by atoms with van der Waals surface area (Å²) < 4.78 is 0. The second-order valence-corrected chi connectivity index (χ2v) is 6.59. The molecule has 0 aliphatic carbocycles. The van der Waals surface area contributed by atoms with Crippen molar-refractivity contribution in [2.75, 3.05) is 4.90 Å². The lowest BCUT2D eigenvalue weighted by Gasteiger charge is -2.16. The van der Waals surface area contributed by atoms with Gasteiger partial charge in [-0.05, 0) is 17.7 Å². The maximum Gasteiger partial charge on any atom is 0.279 e. The van der Waals surface area contributed by atoms with E-state index in [1.165, 1.54) is 24.4 Å². The van der Waals surface area contributed by atoms with Crippen molar-refractivity contribution >= 4 is 29.2 Å². The monoisotopic (exact) mass is 400 g/mol. The lowest BCUT2D eigenvalue weighted by atomic mass is 10.1. The molecule has 4 rings (SSSR count). The van der Waals surface area contributed by atoms with Crippen LogP contribution >= 0.6 is 0 Å². The van der Waals surface area contributed by atoms with Gasteiger partial charge in [0, 0.05) is 23.3 Å². The number of carbonyl (C=O) groups is 1. The summed E-state index contributed by atoms with van der Waals surface area (Å²) in [6.45, 7) is 0.394. The molecule has 8 heteroatoms. The Balaban J connectivity index is 1.65. The SMILES string of the molecule is O=C1/C(=N/N=C/c2cc([N+](=O)[O-])ccc2O)c2ccccc2N1Cc1ccccc1. The average Bonchev–Trinajstić information content (AvgIpc) is 3.01. The number of phenolic OH excluding ortho intramolecular Hbond substituents is 1. The van der Waals surface area contributed by atoms with E-state index in [1.54, 1.807) is 11.0 Å². The molecule has 0 fully saturated rings. The fraction of sp³-hybridized carbons (Fsp3) is 0.0455. The van der Waals surface area contributed by atoms with Crippen LogP contribution in [0.15, 0.2) is 83.0 Å². The van der Waals surface area contributed by atoms with Gasteiger partial charge >= 0.3 is 0 Å². The van der Waals surface area contributed by atoms with Crippen molar-refractivity contribution in [3.63, 3.8) is 0 Å². The Morgan fingerprint density at radius 2 is 1.77 bits per heavy atom. The molecule has 30 heavy (non-hydrogen) atoms. The summed E-state index contributed by atoms with van der Waals surface area (Å²) in [5.74, 6) is -0.464. The van der Waals surface area contributed by atoms with Gasteiger partial charge in [0.2, 0.25) is 0 Å². The lowest BCUT2D eigenvalue weighted by molar-refractivity contribution is -0.384. The van der Waals surface area contributed by atoms with Gasteiger partial charge in [0.05, 0.1) is 23.4 Å². The number of benzene rings is 3. The standard InChI is InChI=1S/C22H16N4O4/c27-20-11-10-17(26(29)30)12-16(20)13-23-24-21-18-8-4-5-9-19(18)25(22(21)28)14-15-6-2-1-3-7-15/h1-13,27H,14H2/b23-13+,24-21+. The molecule has 1 aliphatic rings. The van der Waals surface area contributed by atoms with E-state index >= 15 is 0 Å². The molecule has 1 heterocycles. The second-order valence-electron chi connectivity index (χ2n) is 6.59. The van der Waals surface area contributed by atoms with Gasteiger partial charge in [0.25, 0.3) is 11.6 Å². The highest BCUT2D eigenvalue weighted by Crippen LogP contribution is 2.30. The number of rotatable bonds is 5. The number of amides is 1. The van der Waals surface area contributed by atoms with Crippen molar-refractivity contribution in [1.82, 2.24) is 0 Å². The molecule has 1 N–H and O–H groups in total. The van der Waals surface area contributed by atoms with Crippen LogP contribution in [0.1, 0.15) is 16.7 Å². The lowest BCUT2D eigenvalue weighted by Crippen LogP contribution is -2.29. The van der Waals surface area contributed by atoms with Gasteiger partial charge in [0.1, 0.15) is 5.75 Å². The first kappa shape index (κ1) is 19.0. The van der Waals surface area contributed by atoms with Crippen LogP contribution in [0, 0.1) is 10.1 Å². The molecule has 0 atom stereocenters. The molecule has 0 unspecified atom stereocenters. The van der Waals surface area contributed by atoms with Gasteiger partial charge < -0.3 is 10.0 Å². The van der Waals surface area contributed by atoms with Crippen LogP contribution in [-0.4, -0.2) is 27.9 Å². The number of hydrogen-bond donors (Lipinski definition) is 1. The van der Waals surface area contributed by atoms with Crippen LogP contribution in [0.25, 0.3) is 0 Å². The second kappa shape index (κ2) is 7.96. The summed E-state index contributed by atoms with van der Waals surface area (Å²) in [6, 6.07) is 20.5. The largest absolute Gasteiger partial charge is 0.507 e. The Morgan fingerprint density at radius 3 is 2.53 bits per heavy atom. The van der Waals surface area contributed by atoms with Crippen molar-refractivity contribution in [3.8, 4) is 5.75 Å². The quantitative estimate of drug-likeness (QED) is 0.400. The molecule has 0 bridgehead atoms. The smallest absolute Gasteiger partial charge is 0.279 e. The fourth-order valence-corrected chi connectivity index (χ4v) is 3.19. The number of phenols is 1. The zero-order valence-corrected chi connectivity index (χ0v) is 15.7. The van der Waals surface area contributed by atoms with E-state index in [1.807, 2.05) is 48.5 Å². The molecule has 0 aromatic heterocycles. The highest BCUT2D eigenvalue weighted by Gasteiger charge is 2.33. The van der Waals surface area contributed by atoms with E-state index in [0.29, 0.717) is 12.1 Å². The zero-order chi connectivity index (χ0) is 21.1. The minimum Gasteiger partial charge on any atom is -0.507 e. The number of aromatic hydroxyl groups is 1. The van der Waals surface area contributed by atoms with E-state index in [9.17, 15) is 20.0 Å². The Bertz CT molecular complexity index is 1190. The van der Waals surface area contributed by atoms with Crippen LogP contribution in [-0.2, 0) is 11.3 Å². The van der Waals surface area contributed by atoms with Crippen molar-refractivity contribution in [3.05, 3.63) is 99.6 Å². The van der Waals surface area contributed by atoms with Crippen molar-refractivity contribution in [2.45, 2.75) is 6.54 Å². The van der Waals surface area contributed by atoms with Gasteiger partial charge in [-0.2, -0.15) is 5.10 Å². The van der Waals surface area contributed by atoms with E-state index in [-0.39, 0.29) is 28.6 Å². The number of nitrogens with zero attached hydrogens (tertiary/aromatic N) is 4. The molecular formula is C22H16N4O4. The number of non-ortho nitro benzene ring substituents is 1. The highest BCUT2D eigenvalue weighted by molar-refractivity contribution is 6.54. The van der Waals surface area contributed by atoms with Crippen LogP contribution in [0.3, 0.4) is 0 Å². The number of carbonyl (C=O) groups excluding carboxylic acids is 1. The number of nitro groups is 1. The van der Waals surface area contributed by atoms with Gasteiger partial charge in [-0.25, -0.2) is 0 Å². The molecule has 0 saturated heterocycles. The maximum atomic E-state index is 13.0. The number of para-hydroxylation sites is 1. The minimum atomic E-state index is -0.569. The van der Waals surface area contributed by atoms with E-state index < -0.39 is 4.92 Å². The molecule has 0 saturated carbocycles. The number of nitro benzene ring substituents is 1. The first-order chi connectivity index (χ1) is 14.5. The van der Waals surface area contributed by atoms with Gasteiger partial charge in [0.15, 0.2) is 5.71 Å². The Labute approximate surface area is 171 Å². The third-order valence-corrected chi connectivity index (χ3v) is 4.66. The Hall–Kier alpha value is -4.33. The van der Waals surface area contributed by atoms with Crippen molar-refractivity contribution in [2.24, 2.45) is 10.2 Å². The molecule has 8 nitrogen and oxygen atoms in total. The van der Waals surface area contributed by atoms with Gasteiger partial charge in [-0.3, -0.25) is 14.9 Å². The molecule has 3 aromatic rings. The highest BCUT2D eigenvalue weighted by atomic mass is 16.6.